The Morgan fingerprint density at radius 3 is 3.33 bits per heavy atom. The first-order valence-corrected chi connectivity index (χ1v) is 3.42. The smallest absolute Gasteiger partial charge is 0.100 e. The van der Waals surface area contributed by atoms with Crippen LogP contribution in [0.25, 0.3) is 0 Å². The van der Waals surface area contributed by atoms with E-state index in [0.717, 1.165) is 13.3 Å². The molecule has 0 saturated carbocycles. The van der Waals surface area contributed by atoms with Gasteiger partial charge in [-0.2, -0.15) is 0 Å². The van der Waals surface area contributed by atoms with Crippen LogP contribution in [-0.2, 0) is 4.74 Å². The molecular formula is C7H9NO. The Labute approximate surface area is 54.1 Å². The van der Waals surface area contributed by atoms with Crippen molar-refractivity contribution in [3.63, 3.8) is 0 Å². The van der Waals surface area contributed by atoms with E-state index < -0.39 is 0 Å². The fraction of sp³-hybridized carbons (Fsp3) is 0.714. The average Bonchev–Trinajstić information content (AvgIpc) is 2.11. The van der Waals surface area contributed by atoms with Crippen LogP contribution in [0.4, 0.5) is 0 Å². The second-order valence-electron chi connectivity index (χ2n) is 3.26. The lowest BCUT2D eigenvalue weighted by Crippen LogP contribution is -2.39. The van der Waals surface area contributed by atoms with Crippen molar-refractivity contribution in [2.24, 2.45) is 0 Å². The Hall–Kier alpha value is -0.340. The van der Waals surface area contributed by atoms with E-state index in [1.54, 1.807) is 5.57 Å². The van der Waals surface area contributed by atoms with Gasteiger partial charge in [-0.15, -0.1) is 0 Å². The van der Waals surface area contributed by atoms with Gasteiger partial charge in [-0.3, -0.25) is 4.90 Å². The Balaban J connectivity index is 2.09. The van der Waals surface area contributed by atoms with Gasteiger partial charge in [-0.1, -0.05) is 11.6 Å². The maximum atomic E-state index is 5.33. The Kier molecular flexibility index (Phi) is 0.541. The average molecular weight is 123 g/mol. The Morgan fingerprint density at radius 1 is 1.67 bits per heavy atom. The highest BCUT2D eigenvalue weighted by Gasteiger charge is 2.52. The molecule has 2 bridgehead atoms. The highest BCUT2D eigenvalue weighted by Crippen LogP contribution is 2.46. The zero-order valence-corrected chi connectivity index (χ0v) is 5.26. The van der Waals surface area contributed by atoms with Crippen LogP contribution < -0.4 is 0 Å². The highest BCUT2D eigenvalue weighted by molar-refractivity contribution is 5.38. The van der Waals surface area contributed by atoms with Gasteiger partial charge in [-0.05, 0) is 6.42 Å². The molecule has 3 aliphatic heterocycles. The van der Waals surface area contributed by atoms with E-state index in [9.17, 15) is 0 Å². The zero-order valence-electron chi connectivity index (χ0n) is 5.26. The molecular weight excluding hydrogens is 114 g/mol. The molecule has 48 valence electrons. The Bertz CT molecular complexity index is 195. The maximum Gasteiger partial charge on any atom is 0.100 e. The summed E-state index contributed by atoms with van der Waals surface area (Å²) in [5.74, 6) is 0. The monoisotopic (exact) mass is 123 g/mol. The number of nitrogens with zero attached hydrogens (tertiary/aromatic N) is 1. The van der Waals surface area contributed by atoms with Crippen LogP contribution in [-0.4, -0.2) is 30.3 Å². The third kappa shape index (κ3) is 0.345. The van der Waals surface area contributed by atoms with Gasteiger partial charge in [0.25, 0.3) is 0 Å². The summed E-state index contributed by atoms with van der Waals surface area (Å²) in [6.45, 7) is 2.98. The van der Waals surface area contributed by atoms with Crippen LogP contribution in [0, 0.1) is 0 Å². The minimum Gasteiger partial charge on any atom is -0.364 e. The van der Waals surface area contributed by atoms with Gasteiger partial charge in [0.1, 0.15) is 6.73 Å². The van der Waals surface area contributed by atoms with Crippen molar-refractivity contribution in [1.29, 1.82) is 0 Å². The van der Waals surface area contributed by atoms with Crippen LogP contribution in [0.5, 0.6) is 0 Å². The molecule has 1 unspecified atom stereocenters. The summed E-state index contributed by atoms with van der Waals surface area (Å²) >= 11 is 0. The predicted molar refractivity (Wildman–Crippen MR) is 33.0 cm³/mol. The first-order valence-electron chi connectivity index (χ1n) is 3.42. The van der Waals surface area contributed by atoms with Gasteiger partial charge in [0.15, 0.2) is 0 Å². The van der Waals surface area contributed by atoms with Crippen LogP contribution in [0.15, 0.2) is 11.6 Å². The lowest BCUT2D eigenvalue weighted by molar-refractivity contribution is 0.147. The lowest BCUT2D eigenvalue weighted by atomic mass is 9.85. The fourth-order valence-electron chi connectivity index (χ4n) is 2.14. The summed E-state index contributed by atoms with van der Waals surface area (Å²) in [6, 6.07) is 0. The van der Waals surface area contributed by atoms with Crippen molar-refractivity contribution in [3.05, 3.63) is 11.6 Å². The van der Waals surface area contributed by atoms with Crippen molar-refractivity contribution in [2.45, 2.75) is 12.0 Å². The summed E-state index contributed by atoms with van der Waals surface area (Å²) in [5, 5.41) is 0. The maximum absolute atomic E-state index is 5.33. The molecule has 0 aromatic heterocycles. The third-order valence-corrected chi connectivity index (χ3v) is 2.63. The van der Waals surface area contributed by atoms with Crippen molar-refractivity contribution in [3.8, 4) is 0 Å². The Morgan fingerprint density at radius 2 is 2.56 bits per heavy atom. The summed E-state index contributed by atoms with van der Waals surface area (Å²) < 4.78 is 5.33. The molecule has 1 spiro atoms. The molecule has 4 rings (SSSR count). The quantitative estimate of drug-likeness (QED) is 0.431. The van der Waals surface area contributed by atoms with E-state index in [4.69, 9.17) is 4.74 Å². The van der Waals surface area contributed by atoms with Gasteiger partial charge in [0.05, 0.1) is 12.1 Å². The molecule has 1 aliphatic carbocycles. The van der Waals surface area contributed by atoms with Crippen molar-refractivity contribution >= 4 is 0 Å². The van der Waals surface area contributed by atoms with E-state index in [2.05, 4.69) is 11.0 Å². The SMILES string of the molecule is C1=C2CN3COCC13C2. The second-order valence-corrected chi connectivity index (χ2v) is 3.26. The molecule has 0 amide bonds. The van der Waals surface area contributed by atoms with Crippen LogP contribution in [0.1, 0.15) is 6.42 Å². The minimum absolute atomic E-state index is 0.398. The normalized spacial score (nSPS) is 46.4. The largest absolute Gasteiger partial charge is 0.364 e. The lowest BCUT2D eigenvalue weighted by Gasteiger charge is -2.28. The van der Waals surface area contributed by atoms with E-state index >= 15 is 0 Å². The summed E-state index contributed by atoms with van der Waals surface area (Å²) in [4.78, 5) is 2.42. The molecule has 1 atom stereocenters. The minimum atomic E-state index is 0.398. The second kappa shape index (κ2) is 1.09. The van der Waals surface area contributed by atoms with Gasteiger partial charge < -0.3 is 4.74 Å². The van der Waals surface area contributed by atoms with E-state index in [1.165, 1.54) is 13.0 Å². The highest BCUT2D eigenvalue weighted by atomic mass is 16.5. The fourth-order valence-corrected chi connectivity index (χ4v) is 2.14. The van der Waals surface area contributed by atoms with Crippen LogP contribution in [0.2, 0.25) is 0 Å². The predicted octanol–water partition coefficient (Wildman–Crippen LogP) is 0.359. The molecule has 3 heterocycles. The van der Waals surface area contributed by atoms with Crippen molar-refractivity contribution in [2.75, 3.05) is 19.9 Å². The molecule has 4 aliphatic rings. The molecule has 0 N–H and O–H groups in total. The molecule has 2 nitrogen and oxygen atoms in total. The molecule has 2 heteroatoms. The van der Waals surface area contributed by atoms with Gasteiger partial charge >= 0.3 is 0 Å². The standard InChI is InChI=1S/C7H9NO/c1-6-2-7(1)4-9-5-8(7)3-6/h1H,2-5H2. The van der Waals surface area contributed by atoms with Crippen LogP contribution in [0.3, 0.4) is 0 Å². The van der Waals surface area contributed by atoms with E-state index in [-0.39, 0.29) is 0 Å². The van der Waals surface area contributed by atoms with E-state index in [0.29, 0.717) is 5.54 Å². The first kappa shape index (κ1) is 4.47. The van der Waals surface area contributed by atoms with Gasteiger partial charge in [-0.25, -0.2) is 0 Å². The number of hydrogen-bond donors (Lipinski definition) is 0. The first-order chi connectivity index (χ1) is 4.39. The molecule has 0 aromatic carbocycles. The van der Waals surface area contributed by atoms with Gasteiger partial charge in [0, 0.05) is 6.54 Å². The molecule has 0 aromatic rings. The number of hydrogen-bond acceptors (Lipinski definition) is 2. The van der Waals surface area contributed by atoms with Crippen LogP contribution >= 0.6 is 0 Å². The zero-order chi connectivity index (χ0) is 5.90. The van der Waals surface area contributed by atoms with Crippen molar-refractivity contribution < 1.29 is 4.74 Å². The summed E-state index contributed by atoms with van der Waals surface area (Å²) in [7, 11) is 0. The van der Waals surface area contributed by atoms with Crippen molar-refractivity contribution in [1.82, 2.24) is 4.90 Å². The summed E-state index contributed by atoms with van der Waals surface area (Å²) in [6.07, 6.45) is 3.66. The van der Waals surface area contributed by atoms with E-state index in [1.807, 2.05) is 0 Å². The molecule has 0 radical (unpaired) electrons. The number of rotatable bonds is 0. The third-order valence-electron chi connectivity index (χ3n) is 2.63. The molecule has 2 fully saturated rings. The topological polar surface area (TPSA) is 12.5 Å². The summed E-state index contributed by atoms with van der Waals surface area (Å²) in [5.41, 5.74) is 2.02. The number of ether oxygens (including phenoxy) is 1. The van der Waals surface area contributed by atoms with Gasteiger partial charge in [0.2, 0.25) is 0 Å². The molecule has 2 saturated heterocycles. The molecule has 9 heavy (non-hydrogen) atoms.